The van der Waals surface area contributed by atoms with Crippen LogP contribution in [0.2, 0.25) is 0 Å². The van der Waals surface area contributed by atoms with E-state index in [0.29, 0.717) is 5.88 Å². The highest BCUT2D eigenvalue weighted by atomic mass is 35.5. The monoisotopic (exact) mass is 331 g/mol. The quantitative estimate of drug-likeness (QED) is 0.774. The van der Waals surface area contributed by atoms with Crippen LogP contribution in [0.25, 0.3) is 0 Å². The first-order valence-electron chi connectivity index (χ1n) is 7.20. The highest BCUT2D eigenvalue weighted by Gasteiger charge is 2.31. The van der Waals surface area contributed by atoms with Gasteiger partial charge in [-0.2, -0.15) is 4.31 Å². The topological polar surface area (TPSA) is 53.5 Å². The SMILES string of the molecule is CCN1CCC(N(C)S(=O)(=O)c2ccc(CCl)cn2)CC1. The molecule has 0 unspecified atom stereocenters. The number of aromatic nitrogens is 1. The van der Waals surface area contributed by atoms with Crippen molar-refractivity contribution in [2.45, 2.75) is 36.7 Å². The standard InChI is InChI=1S/C14H22ClN3O2S/c1-3-18-8-6-13(7-9-18)17(2)21(19,20)14-5-4-12(10-15)11-16-14/h4-5,11,13H,3,6-10H2,1-2H3. The number of nitrogens with zero attached hydrogens (tertiary/aromatic N) is 3. The zero-order valence-electron chi connectivity index (χ0n) is 12.5. The van der Waals surface area contributed by atoms with E-state index < -0.39 is 10.0 Å². The Morgan fingerprint density at radius 3 is 2.52 bits per heavy atom. The fourth-order valence-corrected chi connectivity index (χ4v) is 4.07. The number of halogens is 1. The molecule has 0 spiro atoms. The molecule has 1 fully saturated rings. The number of alkyl halides is 1. The van der Waals surface area contributed by atoms with Crippen molar-refractivity contribution < 1.29 is 8.42 Å². The molecule has 0 N–H and O–H groups in total. The van der Waals surface area contributed by atoms with Crippen molar-refractivity contribution in [1.29, 1.82) is 0 Å². The highest BCUT2D eigenvalue weighted by molar-refractivity contribution is 7.89. The van der Waals surface area contributed by atoms with Crippen LogP contribution in [0.4, 0.5) is 0 Å². The number of likely N-dealkylation sites (tertiary alicyclic amines) is 1. The lowest BCUT2D eigenvalue weighted by atomic mass is 10.1. The van der Waals surface area contributed by atoms with Gasteiger partial charge in [0.15, 0.2) is 5.03 Å². The summed E-state index contributed by atoms with van der Waals surface area (Å²) in [6.07, 6.45) is 3.25. The highest BCUT2D eigenvalue weighted by Crippen LogP contribution is 2.21. The van der Waals surface area contributed by atoms with Gasteiger partial charge in [0.2, 0.25) is 0 Å². The van der Waals surface area contributed by atoms with E-state index in [2.05, 4.69) is 16.8 Å². The van der Waals surface area contributed by atoms with Crippen molar-refractivity contribution in [3.63, 3.8) is 0 Å². The third-order valence-electron chi connectivity index (χ3n) is 4.11. The molecule has 1 aliphatic heterocycles. The predicted octanol–water partition coefficient (Wildman–Crippen LogP) is 1.93. The summed E-state index contributed by atoms with van der Waals surface area (Å²) >= 11 is 5.70. The molecule has 1 aromatic heterocycles. The summed E-state index contributed by atoms with van der Waals surface area (Å²) in [4.78, 5) is 6.38. The fourth-order valence-electron chi connectivity index (χ4n) is 2.59. The second kappa shape index (κ2) is 7.05. The van der Waals surface area contributed by atoms with Crippen LogP contribution >= 0.6 is 11.6 Å². The van der Waals surface area contributed by atoms with Gasteiger partial charge in [0.25, 0.3) is 10.0 Å². The molecular formula is C14H22ClN3O2S. The van der Waals surface area contributed by atoms with Gasteiger partial charge >= 0.3 is 0 Å². The Hall–Kier alpha value is -0.690. The molecule has 2 heterocycles. The zero-order chi connectivity index (χ0) is 15.5. The van der Waals surface area contributed by atoms with Gasteiger partial charge in [-0.05, 0) is 44.1 Å². The molecule has 0 aliphatic carbocycles. The minimum absolute atomic E-state index is 0.0484. The Morgan fingerprint density at radius 1 is 1.38 bits per heavy atom. The molecule has 0 bridgehead atoms. The van der Waals surface area contributed by atoms with Gasteiger partial charge in [-0.25, -0.2) is 13.4 Å². The number of rotatable bonds is 5. The summed E-state index contributed by atoms with van der Waals surface area (Å²) in [5.74, 6) is 0.332. The van der Waals surface area contributed by atoms with E-state index in [1.165, 1.54) is 16.6 Å². The fraction of sp³-hybridized carbons (Fsp3) is 0.643. The van der Waals surface area contributed by atoms with Crippen LogP contribution in [0.15, 0.2) is 23.4 Å². The van der Waals surface area contributed by atoms with E-state index >= 15 is 0 Å². The van der Waals surface area contributed by atoms with Gasteiger partial charge in [-0.15, -0.1) is 11.6 Å². The maximum atomic E-state index is 12.6. The van der Waals surface area contributed by atoms with Crippen molar-refractivity contribution >= 4 is 21.6 Å². The van der Waals surface area contributed by atoms with Gasteiger partial charge in [-0.1, -0.05) is 13.0 Å². The molecule has 21 heavy (non-hydrogen) atoms. The molecule has 0 radical (unpaired) electrons. The molecule has 0 aromatic carbocycles. The molecule has 118 valence electrons. The molecule has 0 atom stereocenters. The van der Waals surface area contributed by atoms with Crippen LogP contribution in [-0.2, 0) is 15.9 Å². The summed E-state index contributed by atoms with van der Waals surface area (Å²) in [6.45, 7) is 5.03. The van der Waals surface area contributed by atoms with Crippen LogP contribution in [0.1, 0.15) is 25.3 Å². The number of piperidine rings is 1. The molecule has 1 aromatic rings. The molecule has 1 saturated heterocycles. The Kier molecular flexibility index (Phi) is 5.60. The van der Waals surface area contributed by atoms with E-state index in [-0.39, 0.29) is 11.1 Å². The van der Waals surface area contributed by atoms with Gasteiger partial charge in [0.1, 0.15) is 0 Å². The maximum absolute atomic E-state index is 12.6. The van der Waals surface area contributed by atoms with Crippen LogP contribution < -0.4 is 0 Å². The lowest BCUT2D eigenvalue weighted by molar-refractivity contribution is 0.176. The predicted molar refractivity (Wildman–Crippen MR) is 83.9 cm³/mol. The van der Waals surface area contributed by atoms with Crippen LogP contribution in [0.5, 0.6) is 0 Å². The Labute approximate surface area is 132 Å². The number of hydrogen-bond acceptors (Lipinski definition) is 4. The van der Waals surface area contributed by atoms with Gasteiger partial charge in [0, 0.05) is 25.2 Å². The van der Waals surface area contributed by atoms with Crippen LogP contribution in [-0.4, -0.2) is 55.3 Å². The largest absolute Gasteiger partial charge is 0.303 e. The van der Waals surface area contributed by atoms with Crippen LogP contribution in [0, 0.1) is 0 Å². The average Bonchev–Trinajstić information content (AvgIpc) is 2.54. The number of sulfonamides is 1. The summed E-state index contributed by atoms with van der Waals surface area (Å²) in [5, 5.41) is 0.0942. The van der Waals surface area contributed by atoms with E-state index in [0.717, 1.165) is 38.0 Å². The molecule has 2 rings (SSSR count). The molecule has 1 aliphatic rings. The normalized spacial score (nSPS) is 18.3. The maximum Gasteiger partial charge on any atom is 0.260 e. The molecule has 7 heteroatoms. The minimum atomic E-state index is -3.53. The van der Waals surface area contributed by atoms with Crippen molar-refractivity contribution in [2.75, 3.05) is 26.7 Å². The Balaban J connectivity index is 2.11. The van der Waals surface area contributed by atoms with Crippen LogP contribution in [0.3, 0.4) is 0 Å². The first-order valence-corrected chi connectivity index (χ1v) is 9.17. The number of pyridine rings is 1. The smallest absolute Gasteiger partial charge is 0.260 e. The molecule has 5 nitrogen and oxygen atoms in total. The molecule has 0 saturated carbocycles. The zero-order valence-corrected chi connectivity index (χ0v) is 14.1. The first kappa shape index (κ1) is 16.7. The van der Waals surface area contributed by atoms with Gasteiger partial charge in [0.05, 0.1) is 0 Å². The third-order valence-corrected chi connectivity index (χ3v) is 6.25. The number of hydrogen-bond donors (Lipinski definition) is 0. The lowest BCUT2D eigenvalue weighted by Gasteiger charge is -2.35. The second-order valence-corrected chi connectivity index (χ2v) is 7.54. The summed E-state index contributed by atoms with van der Waals surface area (Å²) in [5.41, 5.74) is 0.814. The summed E-state index contributed by atoms with van der Waals surface area (Å²) in [6, 6.07) is 3.29. The average molecular weight is 332 g/mol. The Morgan fingerprint density at radius 2 is 2.05 bits per heavy atom. The van der Waals surface area contributed by atoms with Gasteiger partial charge in [-0.3, -0.25) is 0 Å². The van der Waals surface area contributed by atoms with E-state index in [1.54, 1.807) is 13.1 Å². The lowest BCUT2D eigenvalue weighted by Crippen LogP contribution is -2.45. The van der Waals surface area contributed by atoms with Crippen molar-refractivity contribution in [3.05, 3.63) is 23.9 Å². The van der Waals surface area contributed by atoms with E-state index in [4.69, 9.17) is 11.6 Å². The minimum Gasteiger partial charge on any atom is -0.303 e. The molecular weight excluding hydrogens is 310 g/mol. The van der Waals surface area contributed by atoms with Gasteiger partial charge < -0.3 is 4.90 Å². The van der Waals surface area contributed by atoms with E-state index in [1.807, 2.05) is 0 Å². The summed E-state index contributed by atoms with van der Waals surface area (Å²) in [7, 11) is -1.88. The van der Waals surface area contributed by atoms with Crippen molar-refractivity contribution in [1.82, 2.24) is 14.2 Å². The third kappa shape index (κ3) is 3.74. The summed E-state index contributed by atoms with van der Waals surface area (Å²) < 4.78 is 26.7. The van der Waals surface area contributed by atoms with Crippen molar-refractivity contribution in [2.24, 2.45) is 0 Å². The molecule has 0 amide bonds. The first-order chi connectivity index (χ1) is 9.98. The van der Waals surface area contributed by atoms with E-state index in [9.17, 15) is 8.42 Å². The Bertz CT molecular complexity index is 554. The second-order valence-electron chi connectivity index (χ2n) is 5.32. The van der Waals surface area contributed by atoms with Crippen molar-refractivity contribution in [3.8, 4) is 0 Å².